The Bertz CT molecular complexity index is 498. The zero-order valence-corrected chi connectivity index (χ0v) is 9.34. The first kappa shape index (κ1) is 10.2. The van der Waals surface area contributed by atoms with Gasteiger partial charge < -0.3 is 5.11 Å². The van der Waals surface area contributed by atoms with Gasteiger partial charge in [0.25, 0.3) is 0 Å². The molecule has 0 atom stereocenters. The molecule has 1 N–H and O–H groups in total. The number of hydrogen-bond donors (Lipinski definition) is 1. The molecule has 0 spiro atoms. The number of carboxylic acids is 1. The van der Waals surface area contributed by atoms with Crippen LogP contribution in [0.25, 0.3) is 5.00 Å². The van der Waals surface area contributed by atoms with Gasteiger partial charge in [-0.25, -0.2) is 9.48 Å². The molecule has 6 heteroatoms. The van der Waals surface area contributed by atoms with E-state index in [1.165, 1.54) is 0 Å². The van der Waals surface area contributed by atoms with Crippen molar-refractivity contribution in [2.75, 3.05) is 0 Å². The molecule has 2 aromatic heterocycles. The minimum atomic E-state index is -0.929. The Hall–Kier alpha value is -1.33. The van der Waals surface area contributed by atoms with Gasteiger partial charge in [0.1, 0.15) is 9.88 Å². The van der Waals surface area contributed by atoms with E-state index >= 15 is 0 Å². The standard InChI is InChI=1S/C9H7ClN2O2S/c1-5-6(10)4-12(11-5)8-3-2-7(15-8)9(13)14/h2-4H,1H3,(H,13,14). The molecule has 0 bridgehead atoms. The second kappa shape index (κ2) is 3.67. The van der Waals surface area contributed by atoms with E-state index in [-0.39, 0.29) is 4.88 Å². The Kier molecular flexibility index (Phi) is 2.50. The van der Waals surface area contributed by atoms with Crippen LogP contribution in [0.3, 0.4) is 0 Å². The SMILES string of the molecule is Cc1nn(-c2ccc(C(=O)O)s2)cc1Cl. The largest absolute Gasteiger partial charge is 0.477 e. The molecule has 0 aliphatic heterocycles. The normalized spacial score (nSPS) is 10.5. The maximum absolute atomic E-state index is 10.7. The monoisotopic (exact) mass is 242 g/mol. The van der Waals surface area contributed by atoms with Gasteiger partial charge in [-0.15, -0.1) is 11.3 Å². The van der Waals surface area contributed by atoms with Gasteiger partial charge in [-0.1, -0.05) is 11.6 Å². The predicted molar refractivity (Wildman–Crippen MR) is 58.1 cm³/mol. The van der Waals surface area contributed by atoms with Gasteiger partial charge in [0, 0.05) is 0 Å². The number of carbonyl (C=O) groups is 1. The van der Waals surface area contributed by atoms with Crippen molar-refractivity contribution in [2.24, 2.45) is 0 Å². The maximum Gasteiger partial charge on any atom is 0.345 e. The van der Waals surface area contributed by atoms with E-state index in [0.717, 1.165) is 22.0 Å². The van der Waals surface area contributed by atoms with Crippen molar-refractivity contribution >= 4 is 28.9 Å². The molecule has 15 heavy (non-hydrogen) atoms. The number of aromatic carboxylic acids is 1. The number of carboxylic acid groups (broad SMARTS) is 1. The van der Waals surface area contributed by atoms with Crippen LogP contribution < -0.4 is 0 Å². The first-order valence-corrected chi connectivity index (χ1v) is 5.32. The number of aromatic nitrogens is 2. The van der Waals surface area contributed by atoms with Gasteiger partial charge in [0.15, 0.2) is 0 Å². The van der Waals surface area contributed by atoms with Gasteiger partial charge in [0.2, 0.25) is 0 Å². The van der Waals surface area contributed by atoms with Crippen LogP contribution in [-0.2, 0) is 0 Å². The summed E-state index contributed by atoms with van der Waals surface area (Å²) in [5, 5.41) is 14.2. The quantitative estimate of drug-likeness (QED) is 0.881. The van der Waals surface area contributed by atoms with Crippen LogP contribution in [0.5, 0.6) is 0 Å². The van der Waals surface area contributed by atoms with Crippen molar-refractivity contribution in [1.29, 1.82) is 0 Å². The maximum atomic E-state index is 10.7. The van der Waals surface area contributed by atoms with Crippen LogP contribution >= 0.6 is 22.9 Å². The summed E-state index contributed by atoms with van der Waals surface area (Å²) in [7, 11) is 0. The van der Waals surface area contributed by atoms with E-state index in [2.05, 4.69) is 5.10 Å². The Morgan fingerprint density at radius 2 is 2.33 bits per heavy atom. The molecule has 0 radical (unpaired) electrons. The fourth-order valence-corrected chi connectivity index (χ4v) is 2.02. The summed E-state index contributed by atoms with van der Waals surface area (Å²) >= 11 is 7.01. The molecule has 0 aliphatic carbocycles. The highest BCUT2D eigenvalue weighted by molar-refractivity contribution is 7.16. The number of hydrogen-bond acceptors (Lipinski definition) is 3. The summed E-state index contributed by atoms with van der Waals surface area (Å²) in [6, 6.07) is 3.25. The van der Waals surface area contributed by atoms with E-state index < -0.39 is 5.97 Å². The number of halogens is 1. The fraction of sp³-hybridized carbons (Fsp3) is 0.111. The number of rotatable bonds is 2. The molecule has 0 amide bonds. The molecule has 78 valence electrons. The zero-order chi connectivity index (χ0) is 11.0. The number of aryl methyl sites for hydroxylation is 1. The lowest BCUT2D eigenvalue weighted by Gasteiger charge is -1.93. The van der Waals surface area contributed by atoms with Crippen LogP contribution in [0.1, 0.15) is 15.4 Å². The molecular weight excluding hydrogens is 236 g/mol. The third-order valence-electron chi connectivity index (χ3n) is 1.87. The summed E-state index contributed by atoms with van der Waals surface area (Å²) in [6.45, 7) is 1.80. The molecule has 2 aromatic rings. The Morgan fingerprint density at radius 1 is 1.60 bits per heavy atom. The summed E-state index contributed by atoms with van der Waals surface area (Å²) in [5.41, 5.74) is 0.724. The summed E-state index contributed by atoms with van der Waals surface area (Å²) in [4.78, 5) is 11.0. The highest BCUT2D eigenvalue weighted by atomic mass is 35.5. The summed E-state index contributed by atoms with van der Waals surface area (Å²) in [6.07, 6.45) is 1.66. The van der Waals surface area contributed by atoms with Crippen molar-refractivity contribution in [3.05, 3.63) is 33.9 Å². The van der Waals surface area contributed by atoms with Crippen molar-refractivity contribution in [2.45, 2.75) is 6.92 Å². The lowest BCUT2D eigenvalue weighted by Crippen LogP contribution is -1.91. The van der Waals surface area contributed by atoms with E-state index in [4.69, 9.17) is 16.7 Å². The summed E-state index contributed by atoms with van der Waals surface area (Å²) in [5.74, 6) is -0.929. The van der Waals surface area contributed by atoms with Gasteiger partial charge >= 0.3 is 5.97 Å². The molecule has 0 fully saturated rings. The minimum absolute atomic E-state index is 0.286. The molecular formula is C9H7ClN2O2S. The van der Waals surface area contributed by atoms with Crippen LogP contribution in [-0.4, -0.2) is 20.9 Å². The van der Waals surface area contributed by atoms with Gasteiger partial charge in [-0.3, -0.25) is 0 Å². The average Bonchev–Trinajstić information content (AvgIpc) is 2.74. The minimum Gasteiger partial charge on any atom is -0.477 e. The smallest absolute Gasteiger partial charge is 0.345 e. The van der Waals surface area contributed by atoms with E-state index in [9.17, 15) is 4.79 Å². The lowest BCUT2D eigenvalue weighted by molar-refractivity contribution is 0.0702. The topological polar surface area (TPSA) is 55.1 Å². The molecule has 0 aliphatic rings. The average molecular weight is 243 g/mol. The van der Waals surface area contributed by atoms with Gasteiger partial charge in [-0.2, -0.15) is 5.10 Å². The van der Waals surface area contributed by atoms with Crippen LogP contribution in [0.15, 0.2) is 18.3 Å². The van der Waals surface area contributed by atoms with E-state index in [1.807, 2.05) is 0 Å². The lowest BCUT2D eigenvalue weighted by atomic mass is 10.5. The molecule has 0 saturated carbocycles. The van der Waals surface area contributed by atoms with Crippen molar-refractivity contribution in [1.82, 2.24) is 9.78 Å². The number of thiophene rings is 1. The molecule has 0 saturated heterocycles. The van der Waals surface area contributed by atoms with Crippen LogP contribution in [0.2, 0.25) is 5.02 Å². The van der Waals surface area contributed by atoms with E-state index in [1.54, 1.807) is 29.9 Å². The Balaban J connectivity index is 2.41. The molecule has 4 nitrogen and oxygen atoms in total. The first-order chi connectivity index (χ1) is 7.08. The van der Waals surface area contributed by atoms with Crippen LogP contribution in [0, 0.1) is 6.92 Å². The van der Waals surface area contributed by atoms with Gasteiger partial charge in [0.05, 0.1) is 16.9 Å². The summed E-state index contributed by atoms with van der Waals surface area (Å²) < 4.78 is 1.58. The second-order valence-electron chi connectivity index (χ2n) is 2.95. The predicted octanol–water partition coefficient (Wildman–Crippen LogP) is 2.59. The van der Waals surface area contributed by atoms with Gasteiger partial charge in [-0.05, 0) is 19.1 Å². The van der Waals surface area contributed by atoms with E-state index in [0.29, 0.717) is 5.02 Å². The van der Waals surface area contributed by atoms with Crippen molar-refractivity contribution in [3.8, 4) is 5.00 Å². The highest BCUT2D eigenvalue weighted by Crippen LogP contribution is 2.22. The first-order valence-electron chi connectivity index (χ1n) is 4.13. The molecule has 2 rings (SSSR count). The molecule has 0 unspecified atom stereocenters. The van der Waals surface area contributed by atoms with Crippen molar-refractivity contribution in [3.63, 3.8) is 0 Å². The van der Waals surface area contributed by atoms with Crippen LogP contribution in [0.4, 0.5) is 0 Å². The highest BCUT2D eigenvalue weighted by Gasteiger charge is 2.10. The molecule has 2 heterocycles. The fourth-order valence-electron chi connectivity index (χ4n) is 1.12. The second-order valence-corrected chi connectivity index (χ2v) is 4.42. The third kappa shape index (κ3) is 1.88. The molecule has 0 aromatic carbocycles. The third-order valence-corrected chi connectivity index (χ3v) is 3.30. The van der Waals surface area contributed by atoms with Crippen molar-refractivity contribution < 1.29 is 9.90 Å². The Morgan fingerprint density at radius 3 is 2.80 bits per heavy atom. The zero-order valence-electron chi connectivity index (χ0n) is 7.77. The number of nitrogens with zero attached hydrogens (tertiary/aromatic N) is 2. The Labute approximate surface area is 94.7 Å².